The molecule has 1 atom stereocenters. The van der Waals surface area contributed by atoms with E-state index >= 15 is 0 Å². The van der Waals surface area contributed by atoms with Gasteiger partial charge < -0.3 is 9.64 Å². The van der Waals surface area contributed by atoms with Crippen LogP contribution in [0.2, 0.25) is 0 Å². The fraction of sp³-hybridized carbons (Fsp3) is 0.387. The van der Waals surface area contributed by atoms with Gasteiger partial charge in [0.25, 0.3) is 0 Å². The molecule has 3 aromatic rings. The summed E-state index contributed by atoms with van der Waals surface area (Å²) in [5, 5.41) is 0. The first kappa shape index (κ1) is 25.6. The number of aromatic nitrogens is 1. The van der Waals surface area contributed by atoms with E-state index in [1.165, 1.54) is 11.1 Å². The minimum atomic E-state index is -0.540. The lowest BCUT2D eigenvalue weighted by Crippen LogP contribution is -2.42. The third-order valence-electron chi connectivity index (χ3n) is 6.73. The zero-order valence-corrected chi connectivity index (χ0v) is 21.8. The number of carbonyl (C=O) groups excluding carboxylic acids is 2. The number of rotatable bonds is 6. The van der Waals surface area contributed by atoms with Crippen LogP contribution in [-0.4, -0.2) is 41.0 Å². The Kier molecular flexibility index (Phi) is 7.88. The Balaban J connectivity index is 1.64. The van der Waals surface area contributed by atoms with Crippen LogP contribution in [0, 0.1) is 6.92 Å². The fourth-order valence-electron chi connectivity index (χ4n) is 4.97. The van der Waals surface area contributed by atoms with Crippen molar-refractivity contribution in [3.8, 4) is 11.3 Å². The summed E-state index contributed by atoms with van der Waals surface area (Å²) in [7, 11) is 0. The van der Waals surface area contributed by atoms with Gasteiger partial charge in [-0.15, -0.1) is 0 Å². The van der Waals surface area contributed by atoms with E-state index in [9.17, 15) is 9.59 Å². The Morgan fingerprint density at radius 2 is 1.81 bits per heavy atom. The van der Waals surface area contributed by atoms with Crippen molar-refractivity contribution < 1.29 is 14.3 Å². The number of hydrogen-bond donors (Lipinski definition) is 0. The summed E-state index contributed by atoms with van der Waals surface area (Å²) in [6, 6.07) is 20.9. The predicted molar refractivity (Wildman–Crippen MR) is 143 cm³/mol. The molecule has 2 heterocycles. The molecular weight excluding hydrogens is 448 g/mol. The Bertz CT molecular complexity index is 1210. The molecule has 0 bridgehead atoms. The maximum Gasteiger partial charge on any atom is 0.410 e. The van der Waals surface area contributed by atoms with Crippen molar-refractivity contribution in [3.05, 3.63) is 88.6 Å². The highest BCUT2D eigenvalue weighted by Gasteiger charge is 2.30. The van der Waals surface area contributed by atoms with Crippen LogP contribution in [0.4, 0.5) is 4.79 Å². The highest BCUT2D eigenvalue weighted by molar-refractivity contribution is 5.81. The van der Waals surface area contributed by atoms with Crippen molar-refractivity contribution in [2.24, 2.45) is 0 Å². The average molecular weight is 485 g/mol. The molecule has 0 radical (unpaired) electrons. The zero-order valence-electron chi connectivity index (χ0n) is 21.8. The van der Waals surface area contributed by atoms with Crippen molar-refractivity contribution in [3.63, 3.8) is 0 Å². The van der Waals surface area contributed by atoms with Crippen LogP contribution in [0.5, 0.6) is 0 Å². The summed E-state index contributed by atoms with van der Waals surface area (Å²) in [6.07, 6.45) is 4.25. The lowest BCUT2D eigenvalue weighted by Gasteiger charge is -2.35. The van der Waals surface area contributed by atoms with Gasteiger partial charge in [0.05, 0.1) is 5.69 Å². The predicted octanol–water partition coefficient (Wildman–Crippen LogP) is 6.77. The molecule has 1 aliphatic heterocycles. The number of aldehydes is 1. The number of hydrogen-bond acceptors (Lipinski definition) is 4. The first-order valence-corrected chi connectivity index (χ1v) is 12.8. The molecule has 1 unspecified atom stereocenters. The van der Waals surface area contributed by atoms with Gasteiger partial charge in [-0.3, -0.25) is 9.78 Å². The van der Waals surface area contributed by atoms with E-state index in [2.05, 4.69) is 48.5 Å². The van der Waals surface area contributed by atoms with Gasteiger partial charge >= 0.3 is 6.09 Å². The third-order valence-corrected chi connectivity index (χ3v) is 6.73. The minimum absolute atomic E-state index is 0.0587. The maximum absolute atomic E-state index is 12.8. The van der Waals surface area contributed by atoms with Crippen molar-refractivity contribution >= 4 is 12.4 Å². The second kappa shape index (κ2) is 11.1. The maximum atomic E-state index is 12.8. The summed E-state index contributed by atoms with van der Waals surface area (Å²) in [5.41, 5.74) is 6.30. The second-order valence-corrected chi connectivity index (χ2v) is 10.6. The van der Waals surface area contributed by atoms with E-state index in [-0.39, 0.29) is 12.0 Å². The van der Waals surface area contributed by atoms with Crippen LogP contribution in [-0.2, 0) is 17.6 Å². The van der Waals surface area contributed by atoms with E-state index in [0.29, 0.717) is 18.7 Å². The number of aryl methyl sites for hydroxylation is 3. The summed E-state index contributed by atoms with van der Waals surface area (Å²) < 4.78 is 5.62. The molecule has 2 aromatic carbocycles. The van der Waals surface area contributed by atoms with Crippen molar-refractivity contribution in [1.29, 1.82) is 0 Å². The van der Waals surface area contributed by atoms with Gasteiger partial charge in [0.15, 0.2) is 6.29 Å². The molecule has 1 amide bonds. The Labute approximate surface area is 214 Å². The highest BCUT2D eigenvalue weighted by atomic mass is 16.6. The van der Waals surface area contributed by atoms with Crippen molar-refractivity contribution in [2.75, 3.05) is 13.1 Å². The highest BCUT2D eigenvalue weighted by Crippen LogP contribution is 2.34. The third kappa shape index (κ3) is 6.20. The zero-order chi connectivity index (χ0) is 25.7. The van der Waals surface area contributed by atoms with Gasteiger partial charge in [-0.2, -0.15) is 0 Å². The van der Waals surface area contributed by atoms with Gasteiger partial charge in [0, 0.05) is 35.8 Å². The van der Waals surface area contributed by atoms with Crippen LogP contribution >= 0.6 is 0 Å². The van der Waals surface area contributed by atoms with E-state index < -0.39 is 5.60 Å². The van der Waals surface area contributed by atoms with Crippen LogP contribution in [0.15, 0.2) is 60.7 Å². The van der Waals surface area contributed by atoms with E-state index in [1.807, 2.05) is 39.8 Å². The molecular formula is C31H36N2O3. The van der Waals surface area contributed by atoms with Crippen molar-refractivity contribution in [1.82, 2.24) is 9.88 Å². The molecule has 0 saturated carbocycles. The van der Waals surface area contributed by atoms with E-state index in [4.69, 9.17) is 9.72 Å². The number of pyridine rings is 1. The SMILES string of the molecule is Cc1nc(-c2ccccc2CCc2ccccc2)cc(C2CCCN(C(=O)OC(C)(C)C)C2)c1C=O. The van der Waals surface area contributed by atoms with Gasteiger partial charge in [-0.1, -0.05) is 54.6 Å². The Morgan fingerprint density at radius 1 is 1.08 bits per heavy atom. The minimum Gasteiger partial charge on any atom is -0.444 e. The summed E-state index contributed by atoms with van der Waals surface area (Å²) >= 11 is 0. The standard InChI is InChI=1S/C31H36N2O3/c1-22-28(21-34)27(25-14-10-18-33(20-25)30(35)36-31(2,3)4)19-29(32-22)26-15-9-8-13-24(26)17-16-23-11-6-5-7-12-23/h5-9,11-13,15,19,21,25H,10,14,16-18,20H2,1-4H3. The van der Waals surface area contributed by atoms with Gasteiger partial charge in [-0.25, -0.2) is 4.79 Å². The number of nitrogens with zero attached hydrogens (tertiary/aromatic N) is 2. The van der Waals surface area contributed by atoms with Crippen LogP contribution in [0.1, 0.15) is 72.3 Å². The van der Waals surface area contributed by atoms with E-state index in [1.54, 1.807) is 4.90 Å². The molecule has 5 heteroatoms. The number of benzene rings is 2. The summed E-state index contributed by atoms with van der Waals surface area (Å²) in [4.78, 5) is 31.5. The van der Waals surface area contributed by atoms with Crippen LogP contribution in [0.25, 0.3) is 11.3 Å². The first-order chi connectivity index (χ1) is 17.2. The molecule has 0 aliphatic carbocycles. The average Bonchev–Trinajstić information content (AvgIpc) is 2.87. The first-order valence-electron chi connectivity index (χ1n) is 12.8. The fourth-order valence-corrected chi connectivity index (χ4v) is 4.97. The molecule has 1 fully saturated rings. The molecule has 36 heavy (non-hydrogen) atoms. The summed E-state index contributed by atoms with van der Waals surface area (Å²) in [6.45, 7) is 8.74. The normalized spacial score (nSPS) is 16.0. The van der Waals surface area contributed by atoms with Crippen molar-refractivity contribution in [2.45, 2.75) is 64.9 Å². The van der Waals surface area contributed by atoms with Crippen LogP contribution in [0.3, 0.4) is 0 Å². The lowest BCUT2D eigenvalue weighted by molar-refractivity contribution is 0.0198. The van der Waals surface area contributed by atoms with E-state index in [0.717, 1.165) is 54.5 Å². The topological polar surface area (TPSA) is 59.5 Å². The number of piperidine rings is 1. The second-order valence-electron chi connectivity index (χ2n) is 10.6. The summed E-state index contributed by atoms with van der Waals surface area (Å²) in [5.74, 6) is 0.0587. The monoisotopic (exact) mass is 484 g/mol. The molecule has 1 aromatic heterocycles. The molecule has 0 spiro atoms. The lowest BCUT2D eigenvalue weighted by atomic mass is 9.86. The molecule has 4 rings (SSSR count). The Hall–Kier alpha value is -3.47. The van der Waals surface area contributed by atoms with Crippen LogP contribution < -0.4 is 0 Å². The number of ether oxygens (including phenoxy) is 1. The molecule has 0 N–H and O–H groups in total. The quantitative estimate of drug-likeness (QED) is 0.362. The Morgan fingerprint density at radius 3 is 2.53 bits per heavy atom. The van der Waals surface area contributed by atoms with Gasteiger partial charge in [-0.05, 0) is 76.1 Å². The van der Waals surface area contributed by atoms with Gasteiger partial charge in [0.1, 0.15) is 5.60 Å². The number of likely N-dealkylation sites (tertiary alicyclic amines) is 1. The number of amides is 1. The number of carbonyl (C=O) groups is 2. The molecule has 5 nitrogen and oxygen atoms in total. The molecule has 1 saturated heterocycles. The molecule has 188 valence electrons. The smallest absolute Gasteiger partial charge is 0.410 e. The molecule has 1 aliphatic rings. The van der Waals surface area contributed by atoms with Gasteiger partial charge in [0.2, 0.25) is 0 Å². The largest absolute Gasteiger partial charge is 0.444 e.